The van der Waals surface area contributed by atoms with Gasteiger partial charge in [0.2, 0.25) is 0 Å². The molecule has 0 saturated carbocycles. The van der Waals surface area contributed by atoms with Gasteiger partial charge in [0.05, 0.1) is 31.9 Å². The van der Waals surface area contributed by atoms with Gasteiger partial charge in [0, 0.05) is 18.5 Å². The number of aromatic nitrogens is 4. The van der Waals surface area contributed by atoms with Gasteiger partial charge in [-0.3, -0.25) is 4.98 Å². The molecule has 2 heterocycles. The maximum absolute atomic E-state index is 6.38. The van der Waals surface area contributed by atoms with Gasteiger partial charge < -0.3 is 14.0 Å². The van der Waals surface area contributed by atoms with E-state index in [9.17, 15) is 0 Å². The lowest BCUT2D eigenvalue weighted by Gasteiger charge is -2.11. The molecule has 0 aliphatic rings. The molecule has 2 aromatic heterocycles. The molecule has 6 nitrogen and oxygen atoms in total. The van der Waals surface area contributed by atoms with Gasteiger partial charge >= 0.3 is 0 Å². The van der Waals surface area contributed by atoms with Crippen LogP contribution in [0.2, 0.25) is 5.02 Å². The van der Waals surface area contributed by atoms with Crippen LogP contribution in [0.3, 0.4) is 0 Å². The van der Waals surface area contributed by atoms with Crippen LogP contribution in [-0.2, 0) is 13.5 Å². The lowest BCUT2D eigenvalue weighted by molar-refractivity contribution is 0.414. The van der Waals surface area contributed by atoms with E-state index in [2.05, 4.69) is 15.2 Å². The summed E-state index contributed by atoms with van der Waals surface area (Å²) in [6.45, 7) is 0. The molecule has 0 fully saturated rings. The summed E-state index contributed by atoms with van der Waals surface area (Å²) in [5, 5.41) is 9.27. The van der Waals surface area contributed by atoms with Crippen molar-refractivity contribution in [2.24, 2.45) is 7.05 Å². The number of fused-ring (bicyclic) bond motifs is 1. The van der Waals surface area contributed by atoms with Gasteiger partial charge in [0.25, 0.3) is 0 Å². The zero-order chi connectivity index (χ0) is 15.7. The average molecular weight is 319 g/mol. The Morgan fingerprint density at radius 1 is 1.18 bits per heavy atom. The highest BCUT2D eigenvalue weighted by atomic mass is 35.5. The van der Waals surface area contributed by atoms with E-state index in [0.717, 1.165) is 16.9 Å². The highest BCUT2D eigenvalue weighted by Crippen LogP contribution is 2.36. The van der Waals surface area contributed by atoms with Crippen molar-refractivity contribution in [2.75, 3.05) is 14.2 Å². The van der Waals surface area contributed by atoms with Crippen molar-refractivity contribution < 1.29 is 9.47 Å². The van der Waals surface area contributed by atoms with Crippen molar-refractivity contribution in [2.45, 2.75) is 6.42 Å². The van der Waals surface area contributed by atoms with Crippen molar-refractivity contribution in [3.63, 3.8) is 0 Å². The average Bonchev–Trinajstić information content (AvgIpc) is 2.92. The number of halogens is 1. The van der Waals surface area contributed by atoms with Gasteiger partial charge in [-0.1, -0.05) is 11.6 Å². The fourth-order valence-electron chi connectivity index (χ4n) is 2.31. The van der Waals surface area contributed by atoms with Gasteiger partial charge in [0.1, 0.15) is 28.7 Å². The molecular weight excluding hydrogens is 304 g/mol. The Bertz CT molecular complexity index is 832. The molecule has 0 spiro atoms. The van der Waals surface area contributed by atoms with E-state index in [1.54, 1.807) is 26.6 Å². The van der Waals surface area contributed by atoms with Gasteiger partial charge in [-0.15, -0.1) is 10.2 Å². The lowest BCUT2D eigenvalue weighted by atomic mass is 10.1. The molecule has 0 aliphatic heterocycles. The van der Waals surface area contributed by atoms with E-state index in [1.165, 1.54) is 0 Å². The van der Waals surface area contributed by atoms with Crippen molar-refractivity contribution in [3.8, 4) is 11.5 Å². The smallest absolute Gasteiger partial charge is 0.139 e. The molecule has 0 atom stereocenters. The van der Waals surface area contributed by atoms with Crippen molar-refractivity contribution in [1.82, 2.24) is 19.7 Å². The Balaban J connectivity index is 2.15. The first-order chi connectivity index (χ1) is 10.6. The molecule has 7 heteroatoms. The SMILES string of the molecule is COc1ccc2c(OC)cc(Cc3nncn3C)nc2c1Cl. The summed E-state index contributed by atoms with van der Waals surface area (Å²) in [4.78, 5) is 4.63. The number of hydrogen-bond acceptors (Lipinski definition) is 5. The summed E-state index contributed by atoms with van der Waals surface area (Å²) in [6.07, 6.45) is 2.19. The van der Waals surface area contributed by atoms with Crippen LogP contribution in [0.25, 0.3) is 10.9 Å². The zero-order valence-electron chi connectivity index (χ0n) is 12.5. The van der Waals surface area contributed by atoms with Crippen molar-refractivity contribution in [3.05, 3.63) is 41.1 Å². The number of ether oxygens (including phenoxy) is 2. The normalized spacial score (nSPS) is 10.9. The van der Waals surface area contributed by atoms with E-state index >= 15 is 0 Å². The Kier molecular flexibility index (Phi) is 3.85. The predicted molar refractivity (Wildman–Crippen MR) is 83.7 cm³/mol. The maximum Gasteiger partial charge on any atom is 0.139 e. The van der Waals surface area contributed by atoms with Gasteiger partial charge in [0.15, 0.2) is 0 Å². The molecule has 114 valence electrons. The van der Waals surface area contributed by atoms with Gasteiger partial charge in [-0.05, 0) is 12.1 Å². The highest BCUT2D eigenvalue weighted by molar-refractivity contribution is 6.36. The minimum Gasteiger partial charge on any atom is -0.496 e. The molecule has 0 radical (unpaired) electrons. The molecule has 0 unspecified atom stereocenters. The summed E-state index contributed by atoms with van der Waals surface area (Å²) in [5.41, 5.74) is 1.45. The Hall–Kier alpha value is -2.34. The second kappa shape index (κ2) is 5.81. The van der Waals surface area contributed by atoms with Crippen LogP contribution in [0, 0.1) is 0 Å². The van der Waals surface area contributed by atoms with Gasteiger partial charge in [-0.25, -0.2) is 0 Å². The second-order valence-electron chi connectivity index (χ2n) is 4.83. The van der Waals surface area contributed by atoms with Crippen molar-refractivity contribution in [1.29, 1.82) is 0 Å². The minimum atomic E-state index is 0.470. The maximum atomic E-state index is 6.38. The van der Waals surface area contributed by atoms with Crippen LogP contribution in [0.5, 0.6) is 11.5 Å². The number of aryl methyl sites for hydroxylation is 1. The van der Waals surface area contributed by atoms with E-state index in [4.69, 9.17) is 21.1 Å². The predicted octanol–water partition coefficient (Wildman–Crippen LogP) is 2.62. The van der Waals surface area contributed by atoms with E-state index in [-0.39, 0.29) is 0 Å². The third-order valence-electron chi connectivity index (χ3n) is 3.48. The molecule has 0 aliphatic carbocycles. The van der Waals surface area contributed by atoms with E-state index in [1.807, 2.05) is 23.7 Å². The number of rotatable bonds is 4. The first kappa shape index (κ1) is 14.6. The molecule has 0 saturated heterocycles. The molecule has 0 amide bonds. The highest BCUT2D eigenvalue weighted by Gasteiger charge is 2.14. The summed E-state index contributed by atoms with van der Waals surface area (Å²) < 4.78 is 12.6. The standard InChI is InChI=1S/C15H15ClN4O2/c1-20-8-17-19-13(20)7-9-6-12(22-3)10-4-5-11(21-2)14(16)15(10)18-9/h4-6,8H,7H2,1-3H3. The van der Waals surface area contributed by atoms with Crippen LogP contribution in [0.4, 0.5) is 0 Å². The zero-order valence-corrected chi connectivity index (χ0v) is 13.3. The summed E-state index contributed by atoms with van der Waals surface area (Å²) >= 11 is 6.38. The Morgan fingerprint density at radius 3 is 2.59 bits per heavy atom. The largest absolute Gasteiger partial charge is 0.496 e. The fourth-order valence-corrected chi connectivity index (χ4v) is 2.59. The van der Waals surface area contributed by atoms with Crippen LogP contribution in [-0.4, -0.2) is 34.0 Å². The fraction of sp³-hybridized carbons (Fsp3) is 0.267. The molecule has 1 aromatic carbocycles. The minimum absolute atomic E-state index is 0.470. The summed E-state index contributed by atoms with van der Waals surface area (Å²) in [5.74, 6) is 2.11. The number of benzene rings is 1. The number of nitrogens with zero attached hydrogens (tertiary/aromatic N) is 4. The summed E-state index contributed by atoms with van der Waals surface area (Å²) in [7, 11) is 5.09. The number of hydrogen-bond donors (Lipinski definition) is 0. The number of methoxy groups -OCH3 is 2. The molecule has 0 bridgehead atoms. The topological polar surface area (TPSA) is 62.1 Å². The van der Waals surface area contributed by atoms with Gasteiger partial charge in [-0.2, -0.15) is 0 Å². The number of pyridine rings is 1. The van der Waals surface area contributed by atoms with E-state index < -0.39 is 0 Å². The molecule has 3 aromatic rings. The van der Waals surface area contributed by atoms with Crippen LogP contribution in [0.1, 0.15) is 11.5 Å². The molecule has 22 heavy (non-hydrogen) atoms. The van der Waals surface area contributed by atoms with E-state index in [0.29, 0.717) is 28.5 Å². The molecule has 0 N–H and O–H groups in total. The first-order valence-electron chi connectivity index (χ1n) is 6.67. The first-order valence-corrected chi connectivity index (χ1v) is 7.04. The Morgan fingerprint density at radius 2 is 1.95 bits per heavy atom. The van der Waals surface area contributed by atoms with Crippen LogP contribution in [0.15, 0.2) is 24.5 Å². The second-order valence-corrected chi connectivity index (χ2v) is 5.21. The third kappa shape index (κ3) is 2.46. The summed E-state index contributed by atoms with van der Waals surface area (Å²) in [6, 6.07) is 5.58. The third-order valence-corrected chi connectivity index (χ3v) is 3.85. The van der Waals surface area contributed by atoms with Crippen molar-refractivity contribution >= 4 is 22.5 Å². The Labute approximate surface area is 132 Å². The molecule has 3 rings (SSSR count). The quantitative estimate of drug-likeness (QED) is 0.740. The lowest BCUT2D eigenvalue weighted by Crippen LogP contribution is -2.02. The van der Waals surface area contributed by atoms with Crippen LogP contribution >= 0.6 is 11.6 Å². The van der Waals surface area contributed by atoms with Crippen LogP contribution < -0.4 is 9.47 Å². The monoisotopic (exact) mass is 318 g/mol. The molecular formula is C15H15ClN4O2.